The van der Waals surface area contributed by atoms with Gasteiger partial charge in [0.15, 0.2) is 5.60 Å². The highest BCUT2D eigenvalue weighted by Gasteiger charge is 2.32. The number of aromatic nitrogens is 2. The predicted octanol–water partition coefficient (Wildman–Crippen LogP) is -0.224. The summed E-state index contributed by atoms with van der Waals surface area (Å²) in [4.78, 5) is 17.3. The molecule has 1 unspecified atom stereocenters. The minimum absolute atomic E-state index is 0.187. The van der Waals surface area contributed by atoms with Crippen LogP contribution >= 0.6 is 0 Å². The normalized spacial score (nSPS) is 14.7. The van der Waals surface area contributed by atoms with Gasteiger partial charge in [-0.15, -0.1) is 0 Å². The zero-order valence-corrected chi connectivity index (χ0v) is 10.7. The van der Waals surface area contributed by atoms with Gasteiger partial charge >= 0.3 is 5.97 Å². The molecule has 0 fully saturated rings. The van der Waals surface area contributed by atoms with Crippen molar-refractivity contribution in [2.24, 2.45) is 7.05 Å². The quantitative estimate of drug-likeness (QED) is 0.722. The van der Waals surface area contributed by atoms with Crippen molar-refractivity contribution in [2.45, 2.75) is 19.1 Å². The van der Waals surface area contributed by atoms with Crippen molar-refractivity contribution in [3.8, 4) is 0 Å². The van der Waals surface area contributed by atoms with Crippen LogP contribution in [0.1, 0.15) is 12.7 Å². The first kappa shape index (κ1) is 13.7. The van der Waals surface area contributed by atoms with Gasteiger partial charge in [0.25, 0.3) is 0 Å². The Labute approximate surface area is 101 Å². The van der Waals surface area contributed by atoms with E-state index in [0.717, 1.165) is 5.82 Å². The molecule has 0 aliphatic heterocycles. The molecule has 96 valence electrons. The predicted molar refractivity (Wildman–Crippen MR) is 62.2 cm³/mol. The average Bonchev–Trinajstić information content (AvgIpc) is 2.62. The van der Waals surface area contributed by atoms with E-state index >= 15 is 0 Å². The van der Waals surface area contributed by atoms with E-state index < -0.39 is 11.6 Å². The lowest BCUT2D eigenvalue weighted by molar-refractivity contribution is -0.162. The number of esters is 1. The Morgan fingerprint density at radius 3 is 2.82 bits per heavy atom. The van der Waals surface area contributed by atoms with Crippen molar-refractivity contribution in [1.82, 2.24) is 14.5 Å². The van der Waals surface area contributed by atoms with E-state index in [4.69, 9.17) is 0 Å². The first-order valence-corrected chi connectivity index (χ1v) is 5.32. The third-order valence-corrected chi connectivity index (χ3v) is 2.54. The Hall–Kier alpha value is -1.40. The molecule has 0 saturated heterocycles. The summed E-state index contributed by atoms with van der Waals surface area (Å²) in [5.41, 5.74) is -1.51. The third-order valence-electron chi connectivity index (χ3n) is 2.54. The Bertz CT molecular complexity index is 387. The molecule has 0 bridgehead atoms. The first-order chi connectivity index (χ1) is 7.86. The summed E-state index contributed by atoms with van der Waals surface area (Å²) in [6, 6.07) is 0. The zero-order chi connectivity index (χ0) is 13.1. The van der Waals surface area contributed by atoms with E-state index in [2.05, 4.69) is 9.72 Å². The highest BCUT2D eigenvalue weighted by atomic mass is 16.5. The number of rotatable bonds is 5. The SMILES string of the molecule is COC(=O)C(C)(O)CN(C)Cc1nccn1C. The Morgan fingerprint density at radius 2 is 2.35 bits per heavy atom. The highest BCUT2D eigenvalue weighted by Crippen LogP contribution is 2.09. The van der Waals surface area contributed by atoms with Crippen LogP contribution in [0.2, 0.25) is 0 Å². The first-order valence-electron chi connectivity index (χ1n) is 5.32. The van der Waals surface area contributed by atoms with Crippen molar-refractivity contribution in [3.63, 3.8) is 0 Å². The highest BCUT2D eigenvalue weighted by molar-refractivity contribution is 5.78. The fourth-order valence-corrected chi connectivity index (χ4v) is 1.66. The van der Waals surface area contributed by atoms with Gasteiger partial charge in [0.05, 0.1) is 13.7 Å². The molecule has 1 atom stereocenters. The van der Waals surface area contributed by atoms with Crippen LogP contribution in [0, 0.1) is 0 Å². The van der Waals surface area contributed by atoms with Gasteiger partial charge in [0.1, 0.15) is 5.82 Å². The topological polar surface area (TPSA) is 67.6 Å². The number of likely N-dealkylation sites (N-methyl/N-ethyl adjacent to an activating group) is 1. The van der Waals surface area contributed by atoms with E-state index in [1.807, 2.05) is 29.8 Å². The minimum Gasteiger partial charge on any atom is -0.467 e. The molecule has 0 saturated carbocycles. The maximum atomic E-state index is 11.3. The van der Waals surface area contributed by atoms with Crippen molar-refractivity contribution in [1.29, 1.82) is 0 Å². The maximum Gasteiger partial charge on any atom is 0.338 e. The van der Waals surface area contributed by atoms with Gasteiger partial charge in [-0.05, 0) is 14.0 Å². The van der Waals surface area contributed by atoms with Gasteiger partial charge < -0.3 is 14.4 Å². The van der Waals surface area contributed by atoms with Crippen LogP contribution in [0.5, 0.6) is 0 Å². The molecule has 6 nitrogen and oxygen atoms in total. The molecule has 0 aromatic carbocycles. The van der Waals surface area contributed by atoms with Gasteiger partial charge in [-0.2, -0.15) is 0 Å². The van der Waals surface area contributed by atoms with Crippen LogP contribution < -0.4 is 0 Å². The van der Waals surface area contributed by atoms with Crippen LogP contribution in [-0.2, 0) is 23.1 Å². The van der Waals surface area contributed by atoms with Gasteiger partial charge in [0.2, 0.25) is 0 Å². The van der Waals surface area contributed by atoms with Gasteiger partial charge in [0, 0.05) is 26.0 Å². The lowest BCUT2D eigenvalue weighted by Gasteiger charge is -2.26. The summed E-state index contributed by atoms with van der Waals surface area (Å²) >= 11 is 0. The van der Waals surface area contributed by atoms with Crippen LogP contribution in [0.3, 0.4) is 0 Å². The van der Waals surface area contributed by atoms with E-state index in [0.29, 0.717) is 6.54 Å². The van der Waals surface area contributed by atoms with Gasteiger partial charge in [-0.3, -0.25) is 4.90 Å². The fourth-order valence-electron chi connectivity index (χ4n) is 1.66. The molecule has 1 heterocycles. The van der Waals surface area contributed by atoms with Crippen LogP contribution in [0.15, 0.2) is 12.4 Å². The number of nitrogens with zero attached hydrogens (tertiary/aromatic N) is 3. The molecule has 1 N–H and O–H groups in total. The van der Waals surface area contributed by atoms with Gasteiger partial charge in [-0.25, -0.2) is 9.78 Å². The second-order valence-electron chi connectivity index (χ2n) is 4.39. The molecule has 1 aromatic heterocycles. The molecule has 0 radical (unpaired) electrons. The number of hydrogen-bond donors (Lipinski definition) is 1. The van der Waals surface area contributed by atoms with E-state index in [1.165, 1.54) is 14.0 Å². The van der Waals surface area contributed by atoms with E-state index in [-0.39, 0.29) is 6.54 Å². The van der Waals surface area contributed by atoms with Crippen molar-refractivity contribution >= 4 is 5.97 Å². The zero-order valence-electron chi connectivity index (χ0n) is 10.7. The maximum absolute atomic E-state index is 11.3. The number of imidazole rings is 1. The lowest BCUT2D eigenvalue weighted by atomic mass is 10.1. The summed E-state index contributed by atoms with van der Waals surface area (Å²) in [5.74, 6) is 0.234. The summed E-state index contributed by atoms with van der Waals surface area (Å²) in [6.45, 7) is 2.18. The summed E-state index contributed by atoms with van der Waals surface area (Å²) in [7, 11) is 4.97. The molecule has 0 spiro atoms. The molecular weight excluding hydrogens is 222 g/mol. The number of methoxy groups -OCH3 is 1. The van der Waals surface area contributed by atoms with Gasteiger partial charge in [-0.1, -0.05) is 0 Å². The molecule has 17 heavy (non-hydrogen) atoms. The molecule has 0 aliphatic carbocycles. The molecule has 1 rings (SSSR count). The molecule has 0 aliphatic rings. The largest absolute Gasteiger partial charge is 0.467 e. The molecule has 0 amide bonds. The number of carbonyl (C=O) groups is 1. The Kier molecular flexibility index (Phi) is 4.25. The number of aliphatic hydroxyl groups is 1. The van der Waals surface area contributed by atoms with Crippen molar-refractivity contribution in [2.75, 3.05) is 20.7 Å². The summed E-state index contributed by atoms with van der Waals surface area (Å²) in [6.07, 6.45) is 3.56. The lowest BCUT2D eigenvalue weighted by Crippen LogP contribution is -2.46. The molecular formula is C11H19N3O3. The number of carbonyl (C=O) groups excluding carboxylic acids is 1. The molecule has 1 aromatic rings. The van der Waals surface area contributed by atoms with Crippen LogP contribution in [-0.4, -0.2) is 51.8 Å². The van der Waals surface area contributed by atoms with Crippen molar-refractivity contribution < 1.29 is 14.6 Å². The Balaban J connectivity index is 2.58. The van der Waals surface area contributed by atoms with Crippen LogP contribution in [0.25, 0.3) is 0 Å². The second-order valence-corrected chi connectivity index (χ2v) is 4.39. The average molecular weight is 241 g/mol. The monoisotopic (exact) mass is 241 g/mol. The fraction of sp³-hybridized carbons (Fsp3) is 0.636. The number of aryl methyl sites for hydroxylation is 1. The minimum atomic E-state index is -1.51. The standard InChI is InChI=1S/C11H19N3O3/c1-11(16,10(15)17-4)8-13(2)7-9-12-5-6-14(9)3/h5-6,16H,7-8H2,1-4H3. The van der Waals surface area contributed by atoms with Crippen LogP contribution in [0.4, 0.5) is 0 Å². The van der Waals surface area contributed by atoms with Crippen molar-refractivity contribution in [3.05, 3.63) is 18.2 Å². The second kappa shape index (κ2) is 5.29. The number of ether oxygens (including phenoxy) is 1. The molecule has 6 heteroatoms. The van der Waals surface area contributed by atoms with E-state index in [1.54, 1.807) is 6.20 Å². The summed E-state index contributed by atoms with van der Waals surface area (Å²) < 4.78 is 6.43. The smallest absolute Gasteiger partial charge is 0.338 e. The summed E-state index contributed by atoms with van der Waals surface area (Å²) in [5, 5.41) is 9.91. The van der Waals surface area contributed by atoms with E-state index in [9.17, 15) is 9.90 Å². The third kappa shape index (κ3) is 3.54. The number of hydrogen-bond acceptors (Lipinski definition) is 5. The Morgan fingerprint density at radius 1 is 1.71 bits per heavy atom.